The first-order valence-corrected chi connectivity index (χ1v) is 7.64. The molecule has 0 aliphatic heterocycles. The van der Waals surface area contributed by atoms with Crippen LogP contribution < -0.4 is 0 Å². The zero-order chi connectivity index (χ0) is 14.0. The molecule has 19 heavy (non-hydrogen) atoms. The maximum absolute atomic E-state index is 11.1. The number of hydrogen-bond donors (Lipinski definition) is 2. The fraction of sp³-hybridized carbons (Fsp3) is 0.333. The van der Waals surface area contributed by atoms with Crippen LogP contribution in [0.15, 0.2) is 24.3 Å². The quantitative estimate of drug-likeness (QED) is 0.839. The van der Waals surface area contributed by atoms with E-state index in [4.69, 9.17) is 4.55 Å². The standard InChI is InChI=1S/C15H19NO2S/c1-4-12-7-10(2)5-6-13(12)14-8-11(3)16-15(14)9-19(17)18/h5-8,16H,4,9H2,1-3H3,(H,17,18). The van der Waals surface area contributed by atoms with E-state index in [2.05, 4.69) is 37.0 Å². The van der Waals surface area contributed by atoms with Gasteiger partial charge in [0, 0.05) is 17.0 Å². The minimum absolute atomic E-state index is 0.139. The minimum Gasteiger partial charge on any atom is -0.361 e. The van der Waals surface area contributed by atoms with Gasteiger partial charge in [-0.25, -0.2) is 4.21 Å². The van der Waals surface area contributed by atoms with Gasteiger partial charge in [-0.15, -0.1) is 0 Å². The van der Waals surface area contributed by atoms with Crippen LogP contribution in [0, 0.1) is 13.8 Å². The van der Waals surface area contributed by atoms with Crippen molar-refractivity contribution in [3.05, 3.63) is 46.8 Å². The Bertz CT molecular complexity index is 617. The molecule has 0 radical (unpaired) electrons. The molecule has 0 aliphatic rings. The molecule has 2 rings (SSSR count). The lowest BCUT2D eigenvalue weighted by Gasteiger charge is -2.09. The molecule has 4 heteroatoms. The van der Waals surface area contributed by atoms with Gasteiger partial charge >= 0.3 is 0 Å². The van der Waals surface area contributed by atoms with Crippen LogP contribution in [-0.2, 0) is 23.3 Å². The number of rotatable bonds is 4. The summed E-state index contributed by atoms with van der Waals surface area (Å²) in [6.45, 7) is 6.17. The van der Waals surface area contributed by atoms with Crippen LogP contribution in [0.25, 0.3) is 11.1 Å². The highest BCUT2D eigenvalue weighted by Gasteiger charge is 2.13. The molecular formula is C15H19NO2S. The number of aromatic nitrogens is 1. The van der Waals surface area contributed by atoms with Gasteiger partial charge < -0.3 is 9.54 Å². The number of benzene rings is 1. The fourth-order valence-electron chi connectivity index (χ4n) is 2.40. The highest BCUT2D eigenvalue weighted by atomic mass is 32.2. The Morgan fingerprint density at radius 1 is 1.21 bits per heavy atom. The van der Waals surface area contributed by atoms with E-state index in [-0.39, 0.29) is 5.75 Å². The Kier molecular flexibility index (Phi) is 4.22. The van der Waals surface area contributed by atoms with Gasteiger partial charge in [0.1, 0.15) is 0 Å². The van der Waals surface area contributed by atoms with Crippen LogP contribution in [-0.4, -0.2) is 13.7 Å². The Hall–Kier alpha value is -1.39. The lowest BCUT2D eigenvalue weighted by atomic mass is 9.96. The summed E-state index contributed by atoms with van der Waals surface area (Å²) in [6.07, 6.45) is 0.947. The summed E-state index contributed by atoms with van der Waals surface area (Å²) in [6, 6.07) is 8.40. The Morgan fingerprint density at radius 2 is 1.95 bits per heavy atom. The minimum atomic E-state index is -1.83. The molecule has 0 fully saturated rings. The van der Waals surface area contributed by atoms with Crippen molar-refractivity contribution in [2.45, 2.75) is 32.9 Å². The normalized spacial score (nSPS) is 12.6. The second-order valence-electron chi connectivity index (χ2n) is 4.82. The van der Waals surface area contributed by atoms with Gasteiger partial charge in [-0.3, -0.25) is 0 Å². The Balaban J connectivity index is 2.55. The summed E-state index contributed by atoms with van der Waals surface area (Å²) in [4.78, 5) is 3.19. The molecule has 0 bridgehead atoms. The third-order valence-electron chi connectivity index (χ3n) is 3.23. The van der Waals surface area contributed by atoms with Gasteiger partial charge in [0.2, 0.25) is 0 Å². The highest BCUT2D eigenvalue weighted by molar-refractivity contribution is 7.78. The lowest BCUT2D eigenvalue weighted by molar-refractivity contribution is 0.563. The lowest BCUT2D eigenvalue weighted by Crippen LogP contribution is -1.97. The van der Waals surface area contributed by atoms with Gasteiger partial charge in [-0.1, -0.05) is 30.7 Å². The molecule has 102 valence electrons. The van der Waals surface area contributed by atoms with Crippen molar-refractivity contribution in [3.8, 4) is 11.1 Å². The fourth-order valence-corrected chi connectivity index (χ4v) is 2.88. The molecule has 2 N–H and O–H groups in total. The summed E-state index contributed by atoms with van der Waals surface area (Å²) in [5.74, 6) is 0.139. The highest BCUT2D eigenvalue weighted by Crippen LogP contribution is 2.30. The molecule has 1 unspecified atom stereocenters. The Labute approximate surface area is 116 Å². The molecule has 0 saturated heterocycles. The third kappa shape index (κ3) is 3.14. The third-order valence-corrected chi connectivity index (χ3v) is 3.77. The van der Waals surface area contributed by atoms with Crippen molar-refractivity contribution >= 4 is 11.1 Å². The van der Waals surface area contributed by atoms with Crippen molar-refractivity contribution in [3.63, 3.8) is 0 Å². The number of H-pyrrole nitrogens is 1. The van der Waals surface area contributed by atoms with Gasteiger partial charge in [-0.2, -0.15) is 0 Å². The van der Waals surface area contributed by atoms with E-state index in [1.165, 1.54) is 11.1 Å². The van der Waals surface area contributed by atoms with E-state index in [9.17, 15) is 4.21 Å². The first-order valence-electron chi connectivity index (χ1n) is 6.37. The summed E-state index contributed by atoms with van der Waals surface area (Å²) in [7, 11) is 0. The number of aromatic amines is 1. The smallest absolute Gasteiger partial charge is 0.158 e. The van der Waals surface area contributed by atoms with Crippen molar-refractivity contribution in [1.82, 2.24) is 4.98 Å². The van der Waals surface area contributed by atoms with E-state index in [0.29, 0.717) is 0 Å². The molecule has 0 saturated carbocycles. The second kappa shape index (κ2) is 5.72. The number of nitrogens with one attached hydrogen (secondary N) is 1. The summed E-state index contributed by atoms with van der Waals surface area (Å²) < 4.78 is 20.2. The average molecular weight is 277 g/mol. The van der Waals surface area contributed by atoms with Crippen LogP contribution in [0.5, 0.6) is 0 Å². The Morgan fingerprint density at radius 3 is 2.58 bits per heavy atom. The molecule has 0 amide bonds. The molecule has 1 heterocycles. The summed E-state index contributed by atoms with van der Waals surface area (Å²) in [5.41, 5.74) is 6.54. The van der Waals surface area contributed by atoms with E-state index < -0.39 is 11.1 Å². The first kappa shape index (κ1) is 14.0. The van der Waals surface area contributed by atoms with Crippen molar-refractivity contribution in [2.75, 3.05) is 0 Å². The van der Waals surface area contributed by atoms with Crippen LogP contribution >= 0.6 is 0 Å². The number of hydrogen-bond acceptors (Lipinski definition) is 1. The molecule has 0 aliphatic carbocycles. The van der Waals surface area contributed by atoms with Gasteiger partial charge in [-0.05, 0) is 37.5 Å². The largest absolute Gasteiger partial charge is 0.361 e. The first-order chi connectivity index (χ1) is 9.01. The van der Waals surface area contributed by atoms with E-state index in [1.54, 1.807) is 0 Å². The van der Waals surface area contributed by atoms with E-state index in [0.717, 1.165) is 28.9 Å². The molecule has 1 atom stereocenters. The maximum atomic E-state index is 11.1. The summed E-state index contributed by atoms with van der Waals surface area (Å²) in [5, 5.41) is 0. The summed E-state index contributed by atoms with van der Waals surface area (Å²) >= 11 is -1.83. The van der Waals surface area contributed by atoms with Gasteiger partial charge in [0.05, 0.1) is 5.75 Å². The average Bonchev–Trinajstić information content (AvgIpc) is 2.69. The molecule has 3 nitrogen and oxygen atoms in total. The number of aryl methyl sites for hydroxylation is 3. The zero-order valence-electron chi connectivity index (χ0n) is 11.5. The van der Waals surface area contributed by atoms with Crippen molar-refractivity contribution < 1.29 is 8.76 Å². The predicted molar refractivity (Wildman–Crippen MR) is 79.6 cm³/mol. The van der Waals surface area contributed by atoms with Crippen LogP contribution in [0.1, 0.15) is 29.4 Å². The van der Waals surface area contributed by atoms with Gasteiger partial charge in [0.25, 0.3) is 0 Å². The molecule has 1 aromatic heterocycles. The van der Waals surface area contributed by atoms with Crippen molar-refractivity contribution in [2.24, 2.45) is 0 Å². The molecule has 1 aromatic carbocycles. The predicted octanol–water partition coefficient (Wildman–Crippen LogP) is 3.58. The van der Waals surface area contributed by atoms with Crippen molar-refractivity contribution in [1.29, 1.82) is 0 Å². The molecule has 2 aromatic rings. The monoisotopic (exact) mass is 277 g/mol. The van der Waals surface area contributed by atoms with Crippen LogP contribution in [0.3, 0.4) is 0 Å². The molecular weight excluding hydrogens is 258 g/mol. The van der Waals surface area contributed by atoms with Gasteiger partial charge in [0.15, 0.2) is 11.1 Å². The van der Waals surface area contributed by atoms with Crippen LogP contribution in [0.2, 0.25) is 0 Å². The molecule has 0 spiro atoms. The van der Waals surface area contributed by atoms with E-state index in [1.807, 2.05) is 13.0 Å². The van der Waals surface area contributed by atoms with Crippen LogP contribution in [0.4, 0.5) is 0 Å². The second-order valence-corrected chi connectivity index (χ2v) is 5.76. The van der Waals surface area contributed by atoms with E-state index >= 15 is 0 Å². The maximum Gasteiger partial charge on any atom is 0.158 e. The SMILES string of the molecule is CCc1cc(C)ccc1-c1cc(C)[nH]c1CS(=O)O. The topological polar surface area (TPSA) is 53.1 Å². The zero-order valence-corrected chi connectivity index (χ0v) is 12.3.